The smallest absolute Gasteiger partial charge is 0.326 e. The minimum Gasteiger partial charge on any atom is -0.480 e. The van der Waals surface area contributed by atoms with Gasteiger partial charge >= 0.3 is 5.97 Å². The van der Waals surface area contributed by atoms with E-state index in [0.717, 1.165) is 6.42 Å². The number of carboxylic acid groups (broad SMARTS) is 1. The first kappa shape index (κ1) is 10.3. The van der Waals surface area contributed by atoms with Crippen LogP contribution < -0.4 is 4.84 Å². The van der Waals surface area contributed by atoms with Crippen LogP contribution in [-0.2, 0) is 9.59 Å². The van der Waals surface area contributed by atoms with E-state index in [2.05, 4.69) is 4.84 Å². The number of hydrogen-bond acceptors (Lipinski definition) is 3. The number of rotatable bonds is 3. The zero-order chi connectivity index (χ0) is 9.84. The molecule has 0 spiro atoms. The Hall–Kier alpha value is -0.810. The molecule has 0 aromatic rings. The van der Waals surface area contributed by atoms with Crippen molar-refractivity contribution in [2.75, 3.05) is 13.1 Å². The monoisotopic (exact) mass is 206 g/mol. The van der Waals surface area contributed by atoms with Gasteiger partial charge in [0.05, 0.1) is 6.54 Å². The second-order valence-electron chi connectivity index (χ2n) is 2.89. The molecule has 13 heavy (non-hydrogen) atoms. The van der Waals surface area contributed by atoms with Gasteiger partial charge in [-0.05, 0) is 24.6 Å². The van der Waals surface area contributed by atoms with E-state index in [4.69, 9.17) is 16.9 Å². The summed E-state index contributed by atoms with van der Waals surface area (Å²) in [6.07, 6.45) is 1.27. The van der Waals surface area contributed by atoms with Crippen LogP contribution in [0.3, 0.4) is 0 Å². The highest BCUT2D eigenvalue weighted by Gasteiger charge is 2.33. The molecule has 0 radical (unpaired) electrons. The molecule has 1 heterocycles. The Morgan fingerprint density at radius 1 is 1.62 bits per heavy atom. The SMILES string of the molecule is O=C(O)[C@@H]1CCCN1C(=O)CNCl. The number of likely N-dealkylation sites (tertiary alicyclic amines) is 1. The number of hydrogen-bond donors (Lipinski definition) is 2. The van der Waals surface area contributed by atoms with Gasteiger partial charge in [-0.1, -0.05) is 0 Å². The fraction of sp³-hybridized carbons (Fsp3) is 0.714. The predicted molar refractivity (Wildman–Crippen MR) is 46.2 cm³/mol. The van der Waals surface area contributed by atoms with Crippen molar-refractivity contribution in [3.05, 3.63) is 0 Å². The summed E-state index contributed by atoms with van der Waals surface area (Å²) < 4.78 is 0. The number of nitrogens with one attached hydrogen (secondary N) is 1. The second kappa shape index (κ2) is 4.43. The van der Waals surface area contributed by atoms with Crippen molar-refractivity contribution in [3.8, 4) is 0 Å². The first-order chi connectivity index (χ1) is 6.16. The van der Waals surface area contributed by atoms with E-state index in [9.17, 15) is 9.59 Å². The quantitative estimate of drug-likeness (QED) is 0.628. The number of carbonyl (C=O) groups is 2. The van der Waals surface area contributed by atoms with E-state index in [1.54, 1.807) is 0 Å². The molecular formula is C7H11ClN2O3. The van der Waals surface area contributed by atoms with E-state index < -0.39 is 12.0 Å². The first-order valence-corrected chi connectivity index (χ1v) is 4.40. The van der Waals surface area contributed by atoms with Crippen molar-refractivity contribution in [3.63, 3.8) is 0 Å². The maximum Gasteiger partial charge on any atom is 0.326 e. The van der Waals surface area contributed by atoms with Gasteiger partial charge in [-0.15, -0.1) is 0 Å². The number of carbonyl (C=O) groups excluding carboxylic acids is 1. The molecule has 0 saturated carbocycles. The number of halogens is 1. The molecule has 0 aliphatic carbocycles. The number of carboxylic acids is 1. The van der Waals surface area contributed by atoms with Gasteiger partial charge < -0.3 is 10.0 Å². The molecule has 1 amide bonds. The minimum atomic E-state index is -0.944. The van der Waals surface area contributed by atoms with Crippen LogP contribution in [0.2, 0.25) is 0 Å². The van der Waals surface area contributed by atoms with Crippen molar-refractivity contribution >= 4 is 23.7 Å². The van der Waals surface area contributed by atoms with Crippen molar-refractivity contribution in [1.82, 2.24) is 9.74 Å². The molecule has 1 aliphatic heterocycles. The fourth-order valence-electron chi connectivity index (χ4n) is 1.48. The number of nitrogens with zero attached hydrogens (tertiary/aromatic N) is 1. The van der Waals surface area contributed by atoms with E-state index in [1.165, 1.54) is 4.90 Å². The summed E-state index contributed by atoms with van der Waals surface area (Å²) in [6.45, 7) is 0.486. The average Bonchev–Trinajstić information content (AvgIpc) is 2.52. The van der Waals surface area contributed by atoms with Gasteiger partial charge in [-0.2, -0.15) is 0 Å². The topological polar surface area (TPSA) is 69.6 Å². The summed E-state index contributed by atoms with van der Waals surface area (Å²) in [4.78, 5) is 25.5. The lowest BCUT2D eigenvalue weighted by atomic mass is 10.2. The average molecular weight is 207 g/mol. The van der Waals surface area contributed by atoms with Gasteiger partial charge in [0.25, 0.3) is 0 Å². The Bertz CT molecular complexity index is 222. The molecule has 6 heteroatoms. The lowest BCUT2D eigenvalue weighted by Crippen LogP contribution is -2.43. The van der Waals surface area contributed by atoms with E-state index in [0.29, 0.717) is 13.0 Å². The third-order valence-electron chi connectivity index (χ3n) is 2.08. The highest BCUT2D eigenvalue weighted by Crippen LogP contribution is 2.16. The lowest BCUT2D eigenvalue weighted by molar-refractivity contribution is -0.147. The summed E-state index contributed by atoms with van der Waals surface area (Å²) in [6, 6.07) is -0.669. The summed E-state index contributed by atoms with van der Waals surface area (Å²) in [5.41, 5.74) is 0. The molecule has 1 rings (SSSR count). The molecule has 74 valence electrons. The van der Waals surface area contributed by atoms with Crippen LogP contribution in [0.25, 0.3) is 0 Å². The first-order valence-electron chi connectivity index (χ1n) is 4.02. The van der Waals surface area contributed by atoms with Crippen LogP contribution in [0.4, 0.5) is 0 Å². The Balaban J connectivity index is 2.57. The van der Waals surface area contributed by atoms with Crippen LogP contribution in [0, 0.1) is 0 Å². The van der Waals surface area contributed by atoms with Crippen LogP contribution in [0.15, 0.2) is 0 Å². The van der Waals surface area contributed by atoms with Gasteiger partial charge in [-0.25, -0.2) is 9.63 Å². The molecule has 1 fully saturated rings. The summed E-state index contributed by atoms with van der Waals surface area (Å²) in [5, 5.41) is 8.75. The van der Waals surface area contributed by atoms with Crippen molar-refractivity contribution in [2.45, 2.75) is 18.9 Å². The molecule has 1 saturated heterocycles. The maximum atomic E-state index is 11.3. The standard InChI is InChI=1S/C7H11ClN2O3/c8-9-4-6(11)10-3-1-2-5(10)7(12)13/h5,9H,1-4H2,(H,12,13)/t5-/m0/s1. The molecule has 2 N–H and O–H groups in total. The van der Waals surface area contributed by atoms with Gasteiger partial charge in [-0.3, -0.25) is 4.79 Å². The van der Waals surface area contributed by atoms with E-state index in [-0.39, 0.29) is 12.5 Å². The van der Waals surface area contributed by atoms with Gasteiger partial charge in [0.2, 0.25) is 5.91 Å². The van der Waals surface area contributed by atoms with Crippen LogP contribution >= 0.6 is 11.8 Å². The number of aliphatic carboxylic acids is 1. The molecule has 1 aliphatic rings. The zero-order valence-corrected chi connectivity index (χ0v) is 7.75. The zero-order valence-electron chi connectivity index (χ0n) is 6.99. The Morgan fingerprint density at radius 3 is 2.85 bits per heavy atom. The largest absolute Gasteiger partial charge is 0.480 e. The highest BCUT2D eigenvalue weighted by molar-refractivity contribution is 6.14. The van der Waals surface area contributed by atoms with E-state index >= 15 is 0 Å². The molecule has 0 unspecified atom stereocenters. The molecular weight excluding hydrogens is 196 g/mol. The van der Waals surface area contributed by atoms with Crippen LogP contribution in [0.1, 0.15) is 12.8 Å². The molecule has 1 atom stereocenters. The molecule has 5 nitrogen and oxygen atoms in total. The second-order valence-corrected chi connectivity index (χ2v) is 3.16. The normalized spacial score (nSPS) is 21.9. The molecule has 0 aromatic heterocycles. The van der Waals surface area contributed by atoms with Gasteiger partial charge in [0, 0.05) is 6.54 Å². The summed E-state index contributed by atoms with van der Waals surface area (Å²) in [5.74, 6) is -1.21. The summed E-state index contributed by atoms with van der Waals surface area (Å²) >= 11 is 5.16. The highest BCUT2D eigenvalue weighted by atomic mass is 35.5. The van der Waals surface area contributed by atoms with Crippen LogP contribution in [-0.4, -0.2) is 41.0 Å². The fourth-order valence-corrected chi connectivity index (χ4v) is 1.59. The maximum absolute atomic E-state index is 11.3. The third kappa shape index (κ3) is 2.32. The van der Waals surface area contributed by atoms with Crippen molar-refractivity contribution in [1.29, 1.82) is 0 Å². The van der Waals surface area contributed by atoms with Gasteiger partial charge in [0.1, 0.15) is 6.04 Å². The number of amides is 1. The Morgan fingerprint density at radius 2 is 2.31 bits per heavy atom. The minimum absolute atomic E-state index is 0.0225. The molecule has 0 aromatic carbocycles. The third-order valence-corrected chi connectivity index (χ3v) is 2.21. The Labute approximate surface area is 80.8 Å². The summed E-state index contributed by atoms with van der Waals surface area (Å²) in [7, 11) is 0. The molecule has 0 bridgehead atoms. The van der Waals surface area contributed by atoms with Crippen molar-refractivity contribution in [2.24, 2.45) is 0 Å². The van der Waals surface area contributed by atoms with Gasteiger partial charge in [0.15, 0.2) is 0 Å². The van der Waals surface area contributed by atoms with Crippen molar-refractivity contribution < 1.29 is 14.7 Å². The van der Waals surface area contributed by atoms with E-state index in [1.807, 2.05) is 0 Å². The predicted octanol–water partition coefficient (Wildman–Crippen LogP) is -0.195. The Kier molecular flexibility index (Phi) is 3.50. The van der Waals surface area contributed by atoms with Crippen LogP contribution in [0.5, 0.6) is 0 Å². The lowest BCUT2D eigenvalue weighted by Gasteiger charge is -2.20.